The van der Waals surface area contributed by atoms with Crippen LogP contribution in [0, 0.1) is 0 Å². The summed E-state index contributed by atoms with van der Waals surface area (Å²) in [6, 6.07) is -0.793. The monoisotopic (exact) mass is 165 g/mol. The maximum Gasteiger partial charge on any atom is 0.320 e. The Morgan fingerprint density at radius 2 is 2.30 bits per heavy atom. The van der Waals surface area contributed by atoms with Gasteiger partial charge >= 0.3 is 5.97 Å². The molecule has 0 aromatic carbocycles. The van der Waals surface area contributed by atoms with Crippen molar-refractivity contribution in [3.05, 3.63) is 0 Å². The molecule has 0 aliphatic carbocycles. The molecular formula is C5H11NO3S. The summed E-state index contributed by atoms with van der Waals surface area (Å²) in [4.78, 5) is 10.1. The molecule has 60 valence electrons. The normalized spacial score (nSPS) is 13.0. The highest BCUT2D eigenvalue weighted by atomic mass is 32.2. The Balaban J connectivity index is 3.21. The molecule has 0 amide bonds. The van der Waals surface area contributed by atoms with Crippen LogP contribution in [0.1, 0.15) is 6.42 Å². The van der Waals surface area contributed by atoms with Crippen LogP contribution in [0.3, 0.4) is 0 Å². The van der Waals surface area contributed by atoms with Gasteiger partial charge in [-0.1, -0.05) is 0 Å². The van der Waals surface area contributed by atoms with Crippen LogP contribution in [-0.4, -0.2) is 33.9 Å². The molecule has 0 radical (unpaired) electrons. The van der Waals surface area contributed by atoms with Crippen LogP contribution in [0.5, 0.6) is 0 Å². The third-order valence-corrected chi connectivity index (χ3v) is 1.69. The standard InChI is InChI=1S/C5H11NO3S/c6-4(5(8)9)1-2-10-3-7/h4,7H,1-3,6H2,(H,8,9)/t4-/m1/s1. The number of nitrogens with two attached hydrogens (primary N) is 1. The Hall–Kier alpha value is -0.260. The average molecular weight is 165 g/mol. The van der Waals surface area contributed by atoms with E-state index in [4.69, 9.17) is 15.9 Å². The van der Waals surface area contributed by atoms with Gasteiger partial charge in [-0.25, -0.2) is 0 Å². The molecule has 0 aromatic heterocycles. The maximum atomic E-state index is 10.1. The molecular weight excluding hydrogens is 154 g/mol. The predicted octanol–water partition coefficient (Wildman–Crippen LogP) is -0.529. The van der Waals surface area contributed by atoms with Gasteiger partial charge in [0, 0.05) is 0 Å². The topological polar surface area (TPSA) is 83.5 Å². The molecule has 0 aromatic rings. The van der Waals surface area contributed by atoms with Crippen LogP contribution in [0.15, 0.2) is 0 Å². The summed E-state index contributed by atoms with van der Waals surface area (Å²) in [6.07, 6.45) is 0.403. The summed E-state index contributed by atoms with van der Waals surface area (Å²) in [6.45, 7) is 0. The predicted molar refractivity (Wildman–Crippen MR) is 39.8 cm³/mol. The summed E-state index contributed by atoms with van der Waals surface area (Å²) in [5, 5.41) is 16.6. The van der Waals surface area contributed by atoms with Crippen molar-refractivity contribution >= 4 is 17.7 Å². The molecule has 4 nitrogen and oxygen atoms in total. The summed E-state index contributed by atoms with van der Waals surface area (Å²) in [5.41, 5.74) is 5.16. The van der Waals surface area contributed by atoms with E-state index in [0.29, 0.717) is 12.2 Å². The molecule has 5 heteroatoms. The lowest BCUT2D eigenvalue weighted by atomic mass is 10.2. The molecule has 10 heavy (non-hydrogen) atoms. The van der Waals surface area contributed by atoms with Gasteiger partial charge in [-0.3, -0.25) is 4.79 Å². The second-order valence-electron chi connectivity index (χ2n) is 1.77. The van der Waals surface area contributed by atoms with Crippen molar-refractivity contribution in [2.45, 2.75) is 12.5 Å². The van der Waals surface area contributed by atoms with Gasteiger partial charge in [0.2, 0.25) is 0 Å². The molecule has 0 unspecified atom stereocenters. The van der Waals surface area contributed by atoms with E-state index in [1.54, 1.807) is 0 Å². The van der Waals surface area contributed by atoms with Crippen LogP contribution in [0.4, 0.5) is 0 Å². The van der Waals surface area contributed by atoms with Crippen LogP contribution in [-0.2, 0) is 4.79 Å². The number of hydrogen-bond donors (Lipinski definition) is 3. The van der Waals surface area contributed by atoms with Crippen LogP contribution < -0.4 is 5.73 Å². The molecule has 1 atom stereocenters. The lowest BCUT2D eigenvalue weighted by Crippen LogP contribution is -2.30. The van der Waals surface area contributed by atoms with E-state index in [0.717, 1.165) is 0 Å². The van der Waals surface area contributed by atoms with Gasteiger partial charge < -0.3 is 15.9 Å². The number of carbonyl (C=O) groups is 1. The zero-order chi connectivity index (χ0) is 7.98. The molecule has 0 fully saturated rings. The highest BCUT2D eigenvalue weighted by Gasteiger charge is 2.09. The molecule has 0 saturated heterocycles. The smallest absolute Gasteiger partial charge is 0.320 e. The maximum absolute atomic E-state index is 10.1. The number of aliphatic carboxylic acids is 1. The van der Waals surface area contributed by atoms with E-state index in [1.807, 2.05) is 0 Å². The van der Waals surface area contributed by atoms with Crippen LogP contribution in [0.25, 0.3) is 0 Å². The minimum absolute atomic E-state index is 0.0202. The number of aliphatic hydroxyl groups is 1. The van der Waals surface area contributed by atoms with E-state index in [-0.39, 0.29) is 5.94 Å². The molecule has 0 heterocycles. The number of rotatable bonds is 5. The number of carboxylic acids is 1. The van der Waals surface area contributed by atoms with E-state index in [2.05, 4.69) is 0 Å². The first-order valence-corrected chi connectivity index (χ1v) is 4.01. The van der Waals surface area contributed by atoms with Gasteiger partial charge in [-0.15, -0.1) is 11.8 Å². The quantitative estimate of drug-likeness (QED) is 0.377. The average Bonchev–Trinajstić information content (AvgIpc) is 1.88. The van der Waals surface area contributed by atoms with Crippen LogP contribution >= 0.6 is 11.8 Å². The number of thioether (sulfide) groups is 1. The van der Waals surface area contributed by atoms with Crippen LogP contribution in [0.2, 0.25) is 0 Å². The summed E-state index contributed by atoms with van der Waals surface area (Å²) in [5.74, 6) is -0.380. The van der Waals surface area contributed by atoms with Gasteiger partial charge in [0.1, 0.15) is 6.04 Å². The zero-order valence-corrected chi connectivity index (χ0v) is 6.30. The van der Waals surface area contributed by atoms with Crippen molar-refractivity contribution in [1.29, 1.82) is 0 Å². The van der Waals surface area contributed by atoms with Crippen molar-refractivity contribution in [3.63, 3.8) is 0 Å². The Morgan fingerprint density at radius 1 is 1.70 bits per heavy atom. The number of aliphatic hydroxyl groups excluding tert-OH is 1. The van der Waals surface area contributed by atoms with Crippen molar-refractivity contribution < 1.29 is 15.0 Å². The second-order valence-corrected chi connectivity index (χ2v) is 2.85. The second kappa shape index (κ2) is 5.52. The van der Waals surface area contributed by atoms with Gasteiger partial charge in [-0.05, 0) is 12.2 Å². The lowest BCUT2D eigenvalue weighted by Gasteiger charge is -2.03. The molecule has 0 aliphatic heterocycles. The molecule has 0 aliphatic rings. The first-order chi connectivity index (χ1) is 4.68. The van der Waals surface area contributed by atoms with Gasteiger partial charge in [-0.2, -0.15) is 0 Å². The number of hydrogen-bond acceptors (Lipinski definition) is 4. The zero-order valence-electron chi connectivity index (χ0n) is 5.49. The molecule has 4 N–H and O–H groups in total. The Morgan fingerprint density at radius 3 is 2.70 bits per heavy atom. The largest absolute Gasteiger partial charge is 0.480 e. The van der Waals surface area contributed by atoms with Crippen molar-refractivity contribution in [1.82, 2.24) is 0 Å². The molecule has 0 saturated carbocycles. The fraction of sp³-hybridized carbons (Fsp3) is 0.800. The van der Waals surface area contributed by atoms with E-state index in [9.17, 15) is 4.79 Å². The van der Waals surface area contributed by atoms with E-state index in [1.165, 1.54) is 11.8 Å². The SMILES string of the molecule is N[C@H](CCSCO)C(=O)O. The van der Waals surface area contributed by atoms with Gasteiger partial charge in [0.05, 0.1) is 5.94 Å². The Bertz CT molecular complexity index is 109. The minimum atomic E-state index is -0.987. The van der Waals surface area contributed by atoms with Crippen molar-refractivity contribution in [2.75, 3.05) is 11.7 Å². The number of carboxylic acid groups (broad SMARTS) is 1. The first kappa shape index (κ1) is 9.74. The van der Waals surface area contributed by atoms with Gasteiger partial charge in [0.15, 0.2) is 0 Å². The summed E-state index contributed by atoms with van der Waals surface area (Å²) < 4.78 is 0. The Labute approximate surface area is 63.4 Å². The minimum Gasteiger partial charge on any atom is -0.480 e. The first-order valence-electron chi connectivity index (χ1n) is 2.85. The van der Waals surface area contributed by atoms with E-state index < -0.39 is 12.0 Å². The lowest BCUT2D eigenvalue weighted by molar-refractivity contribution is -0.138. The van der Waals surface area contributed by atoms with Gasteiger partial charge in [0.25, 0.3) is 0 Å². The molecule has 0 spiro atoms. The third-order valence-electron chi connectivity index (χ3n) is 0.982. The van der Waals surface area contributed by atoms with Crippen molar-refractivity contribution in [3.8, 4) is 0 Å². The third kappa shape index (κ3) is 4.60. The fourth-order valence-electron chi connectivity index (χ4n) is 0.398. The molecule has 0 rings (SSSR count). The highest BCUT2D eigenvalue weighted by molar-refractivity contribution is 7.99. The molecule has 0 bridgehead atoms. The summed E-state index contributed by atoms with van der Waals surface area (Å²) >= 11 is 1.27. The highest BCUT2D eigenvalue weighted by Crippen LogP contribution is 2.01. The Kier molecular flexibility index (Phi) is 5.38. The van der Waals surface area contributed by atoms with Crippen molar-refractivity contribution in [2.24, 2.45) is 5.73 Å². The summed E-state index contributed by atoms with van der Waals surface area (Å²) in [7, 11) is 0. The fourth-order valence-corrected chi connectivity index (χ4v) is 0.948. The van der Waals surface area contributed by atoms with E-state index >= 15 is 0 Å².